The van der Waals surface area contributed by atoms with Crippen LogP contribution >= 0.6 is 0 Å². The second-order valence-corrected chi connectivity index (χ2v) is 5.73. The molecule has 0 spiro atoms. The van der Waals surface area contributed by atoms with Crippen molar-refractivity contribution in [2.75, 3.05) is 38.3 Å². The van der Waals surface area contributed by atoms with Gasteiger partial charge in [0, 0.05) is 25.9 Å². The van der Waals surface area contributed by atoms with Gasteiger partial charge in [-0.1, -0.05) is 13.8 Å². The third-order valence-corrected chi connectivity index (χ3v) is 4.22. The number of benzene rings is 1. The normalized spacial score (nSPS) is 14.5. The Hall–Kier alpha value is -2.41. The summed E-state index contributed by atoms with van der Waals surface area (Å²) in [6.45, 7) is 7.45. The van der Waals surface area contributed by atoms with Gasteiger partial charge in [0.2, 0.25) is 5.91 Å². The summed E-state index contributed by atoms with van der Waals surface area (Å²) in [5.74, 6) is 0.370. The van der Waals surface area contributed by atoms with Crippen LogP contribution in [0.25, 0.3) is 0 Å². The Bertz CT molecular complexity index is 624. The van der Waals surface area contributed by atoms with Gasteiger partial charge in [-0.25, -0.2) is 5.01 Å². The van der Waals surface area contributed by atoms with E-state index in [0.29, 0.717) is 30.1 Å². The highest BCUT2D eigenvalue weighted by molar-refractivity contribution is 6.40. The molecule has 1 N–H and O–H groups in total. The molecule has 0 bridgehead atoms. The minimum absolute atomic E-state index is 0.121. The lowest BCUT2D eigenvalue weighted by Gasteiger charge is -2.23. The lowest BCUT2D eigenvalue weighted by atomic mass is 10.1. The van der Waals surface area contributed by atoms with Crippen molar-refractivity contribution < 1.29 is 14.3 Å². The number of hydrogen-bond acceptors (Lipinski definition) is 5. The minimum Gasteiger partial charge on any atom is -0.497 e. The molecule has 1 aromatic rings. The molecule has 2 rings (SSSR count). The van der Waals surface area contributed by atoms with Crippen LogP contribution in [0.2, 0.25) is 0 Å². The molecule has 1 aliphatic rings. The van der Waals surface area contributed by atoms with E-state index in [1.165, 1.54) is 5.01 Å². The predicted octanol–water partition coefficient (Wildman–Crippen LogP) is 1.64. The van der Waals surface area contributed by atoms with E-state index < -0.39 is 0 Å². The van der Waals surface area contributed by atoms with Crippen LogP contribution in [-0.4, -0.2) is 55.7 Å². The van der Waals surface area contributed by atoms with Crippen LogP contribution in [0.4, 0.5) is 5.69 Å². The Kier molecular flexibility index (Phi) is 6.94. The summed E-state index contributed by atoms with van der Waals surface area (Å²) in [6.07, 6.45) is 0.636. The van der Waals surface area contributed by atoms with Crippen LogP contribution in [0.5, 0.6) is 5.75 Å². The van der Waals surface area contributed by atoms with Crippen LogP contribution in [0, 0.1) is 0 Å². The summed E-state index contributed by atoms with van der Waals surface area (Å²) in [4.78, 5) is 26.7. The summed E-state index contributed by atoms with van der Waals surface area (Å²) in [5, 5.41) is 8.44. The Morgan fingerprint density at radius 3 is 2.52 bits per heavy atom. The molecule has 136 valence electrons. The summed E-state index contributed by atoms with van der Waals surface area (Å²) < 4.78 is 5.12. The van der Waals surface area contributed by atoms with Gasteiger partial charge in [0.15, 0.2) is 0 Å². The summed E-state index contributed by atoms with van der Waals surface area (Å²) >= 11 is 0. The number of ether oxygens (including phenoxy) is 1. The predicted molar refractivity (Wildman–Crippen MR) is 97.9 cm³/mol. The van der Waals surface area contributed by atoms with Crippen LogP contribution in [0.1, 0.15) is 26.7 Å². The summed E-state index contributed by atoms with van der Waals surface area (Å²) in [6, 6.07) is 7.02. The van der Waals surface area contributed by atoms with Crippen molar-refractivity contribution in [2.45, 2.75) is 26.7 Å². The number of amides is 2. The van der Waals surface area contributed by atoms with E-state index in [1.54, 1.807) is 31.4 Å². The molecule has 2 amide bonds. The van der Waals surface area contributed by atoms with Crippen LogP contribution < -0.4 is 15.1 Å². The highest BCUT2D eigenvalue weighted by Crippen LogP contribution is 2.23. The van der Waals surface area contributed by atoms with Crippen molar-refractivity contribution in [3.05, 3.63) is 24.3 Å². The zero-order valence-electron chi connectivity index (χ0n) is 15.1. The second kappa shape index (κ2) is 9.17. The maximum Gasteiger partial charge on any atom is 0.267 e. The molecule has 1 aromatic carbocycles. The zero-order chi connectivity index (χ0) is 18.2. The first-order valence-electron chi connectivity index (χ1n) is 8.64. The fourth-order valence-electron chi connectivity index (χ4n) is 2.61. The standard InChI is InChI=1S/C18H26N4O3/c1-4-21(5-2)13-12-19-18(24)16-10-11-17(23)22(20-16)14-6-8-15(25-3)9-7-14/h6-9H,4-5,10-13H2,1-3H3,(H,19,24). The van der Waals surface area contributed by atoms with Crippen molar-refractivity contribution in [3.63, 3.8) is 0 Å². The molecular weight excluding hydrogens is 320 g/mol. The van der Waals surface area contributed by atoms with Gasteiger partial charge in [0.25, 0.3) is 5.91 Å². The Morgan fingerprint density at radius 2 is 1.92 bits per heavy atom. The van der Waals surface area contributed by atoms with Crippen molar-refractivity contribution >= 4 is 23.2 Å². The third kappa shape index (κ3) is 5.03. The van der Waals surface area contributed by atoms with Gasteiger partial charge in [-0.2, -0.15) is 5.10 Å². The number of nitrogens with one attached hydrogen (secondary N) is 1. The number of nitrogens with zero attached hydrogens (tertiary/aromatic N) is 3. The molecule has 7 nitrogen and oxygen atoms in total. The lowest BCUT2D eigenvalue weighted by molar-refractivity contribution is -0.118. The number of hydrogen-bond donors (Lipinski definition) is 1. The number of carbonyl (C=O) groups is 2. The van der Waals surface area contributed by atoms with Crippen molar-refractivity contribution in [1.82, 2.24) is 10.2 Å². The average Bonchev–Trinajstić information content (AvgIpc) is 2.65. The Labute approximate surface area is 148 Å². The topological polar surface area (TPSA) is 74.2 Å². The molecule has 0 saturated carbocycles. The highest BCUT2D eigenvalue weighted by Gasteiger charge is 2.25. The van der Waals surface area contributed by atoms with E-state index in [4.69, 9.17) is 4.74 Å². The fourth-order valence-corrected chi connectivity index (χ4v) is 2.61. The molecule has 25 heavy (non-hydrogen) atoms. The van der Waals surface area contributed by atoms with E-state index in [1.807, 2.05) is 0 Å². The molecule has 0 atom stereocenters. The zero-order valence-corrected chi connectivity index (χ0v) is 15.1. The molecular formula is C18H26N4O3. The average molecular weight is 346 g/mol. The molecule has 7 heteroatoms. The smallest absolute Gasteiger partial charge is 0.267 e. The first-order valence-corrected chi connectivity index (χ1v) is 8.64. The second-order valence-electron chi connectivity index (χ2n) is 5.73. The van der Waals surface area contributed by atoms with E-state index in [9.17, 15) is 9.59 Å². The van der Waals surface area contributed by atoms with E-state index in [2.05, 4.69) is 29.2 Å². The molecule has 0 aromatic heterocycles. The SMILES string of the molecule is CCN(CC)CCNC(=O)C1=NN(c2ccc(OC)cc2)C(=O)CC1. The molecule has 1 heterocycles. The number of carbonyl (C=O) groups excluding carboxylic acids is 2. The van der Waals surface area contributed by atoms with Crippen LogP contribution in [-0.2, 0) is 9.59 Å². The number of methoxy groups -OCH3 is 1. The van der Waals surface area contributed by atoms with Gasteiger partial charge in [-0.05, 0) is 37.4 Å². The minimum atomic E-state index is -0.210. The number of rotatable bonds is 8. The quantitative estimate of drug-likeness (QED) is 0.776. The largest absolute Gasteiger partial charge is 0.497 e. The Morgan fingerprint density at radius 1 is 1.24 bits per heavy atom. The van der Waals surface area contributed by atoms with Gasteiger partial charge < -0.3 is 15.0 Å². The van der Waals surface area contributed by atoms with E-state index in [0.717, 1.165) is 19.6 Å². The van der Waals surface area contributed by atoms with Crippen LogP contribution in [0.3, 0.4) is 0 Å². The number of anilines is 1. The molecule has 0 aliphatic carbocycles. The number of hydrazone groups is 1. The molecule has 1 aliphatic heterocycles. The van der Waals surface area contributed by atoms with Gasteiger partial charge in [0.1, 0.15) is 11.5 Å². The Balaban J connectivity index is 2.02. The first kappa shape index (κ1) is 18.9. The van der Waals surface area contributed by atoms with E-state index in [-0.39, 0.29) is 18.2 Å². The summed E-state index contributed by atoms with van der Waals surface area (Å²) in [7, 11) is 1.58. The fraction of sp³-hybridized carbons (Fsp3) is 0.500. The molecule has 0 unspecified atom stereocenters. The molecule has 0 saturated heterocycles. The van der Waals surface area contributed by atoms with Gasteiger partial charge in [-0.3, -0.25) is 9.59 Å². The lowest BCUT2D eigenvalue weighted by Crippen LogP contribution is -2.41. The van der Waals surface area contributed by atoms with Gasteiger partial charge >= 0.3 is 0 Å². The van der Waals surface area contributed by atoms with Crippen molar-refractivity contribution in [3.8, 4) is 5.75 Å². The molecule has 0 fully saturated rings. The van der Waals surface area contributed by atoms with Gasteiger partial charge in [0.05, 0.1) is 12.8 Å². The summed E-state index contributed by atoms with van der Waals surface area (Å²) in [5.41, 5.74) is 1.01. The first-order chi connectivity index (χ1) is 12.1. The maximum atomic E-state index is 12.3. The highest BCUT2D eigenvalue weighted by atomic mass is 16.5. The van der Waals surface area contributed by atoms with E-state index >= 15 is 0 Å². The third-order valence-electron chi connectivity index (χ3n) is 4.22. The van der Waals surface area contributed by atoms with Crippen LogP contribution in [0.15, 0.2) is 29.4 Å². The molecule has 0 radical (unpaired) electrons. The van der Waals surface area contributed by atoms with Gasteiger partial charge in [-0.15, -0.1) is 0 Å². The van der Waals surface area contributed by atoms with Crippen molar-refractivity contribution in [1.29, 1.82) is 0 Å². The monoisotopic (exact) mass is 346 g/mol. The van der Waals surface area contributed by atoms with Crippen molar-refractivity contribution in [2.24, 2.45) is 5.10 Å². The number of likely N-dealkylation sites (N-methyl/N-ethyl adjacent to an activating group) is 1. The maximum absolute atomic E-state index is 12.3.